The summed E-state index contributed by atoms with van der Waals surface area (Å²) in [5.74, 6) is 1.75. The fourth-order valence-corrected chi connectivity index (χ4v) is 6.79. The Morgan fingerprint density at radius 2 is 1.55 bits per heavy atom. The van der Waals surface area contributed by atoms with Gasteiger partial charge in [0, 0.05) is 37.2 Å². The first kappa shape index (κ1) is 20.9. The maximum absolute atomic E-state index is 12.8. The minimum Gasteiger partial charge on any atom is -0.300 e. The largest absolute Gasteiger partial charge is 0.300 e. The molecular weight excluding hydrogens is 400 g/mol. The maximum atomic E-state index is 12.8. The molecule has 0 saturated carbocycles. The van der Waals surface area contributed by atoms with Crippen LogP contribution < -0.4 is 0 Å². The number of hydrogen-bond donors (Lipinski definition) is 0. The molecule has 2 aromatic carbocycles. The lowest BCUT2D eigenvalue weighted by Crippen LogP contribution is -2.37. The first-order valence-corrected chi connectivity index (χ1v) is 13.1. The summed E-state index contributed by atoms with van der Waals surface area (Å²) in [6.07, 6.45) is 3.72. The molecule has 2 aromatic rings. The van der Waals surface area contributed by atoms with Crippen LogP contribution in [0.25, 0.3) is 11.1 Å². The van der Waals surface area contributed by atoms with Crippen LogP contribution in [0.4, 0.5) is 0 Å². The Bertz CT molecular complexity index is 905. The number of rotatable bonds is 6. The monoisotopic (exact) mass is 430 g/mol. The molecule has 0 aliphatic carbocycles. The maximum Gasteiger partial charge on any atom is 0.243 e. The summed E-state index contributed by atoms with van der Waals surface area (Å²) in [6, 6.07) is 16.7. The van der Waals surface area contributed by atoms with Crippen molar-refractivity contribution in [2.75, 3.05) is 37.7 Å². The molecule has 0 aromatic heterocycles. The van der Waals surface area contributed by atoms with Gasteiger partial charge in [-0.1, -0.05) is 36.4 Å². The molecule has 2 aliphatic rings. The number of likely N-dealkylation sites (tertiary alicyclic amines) is 1. The summed E-state index contributed by atoms with van der Waals surface area (Å²) in [4.78, 5) is 2.97. The number of thioether (sulfide) groups is 1. The standard InChI is InChI=1S/C23H30N2O2S2/c1-19-3-2-13-24(19)14-12-20-4-6-21(7-5-20)22-8-10-23(11-9-22)29(26,27)25-15-17-28-18-16-25/h4-11,19H,2-3,12-18H2,1H3. The van der Waals surface area contributed by atoms with Gasteiger partial charge in [-0.2, -0.15) is 16.1 Å². The smallest absolute Gasteiger partial charge is 0.243 e. The number of hydrogen-bond acceptors (Lipinski definition) is 4. The molecule has 4 rings (SSSR count). The number of nitrogens with zero attached hydrogens (tertiary/aromatic N) is 2. The van der Waals surface area contributed by atoms with Crippen LogP contribution >= 0.6 is 11.8 Å². The molecule has 2 fully saturated rings. The summed E-state index contributed by atoms with van der Waals surface area (Å²) in [5, 5.41) is 0. The minimum absolute atomic E-state index is 0.393. The van der Waals surface area contributed by atoms with E-state index in [1.165, 1.54) is 24.9 Å². The lowest BCUT2D eigenvalue weighted by atomic mass is 10.0. The van der Waals surface area contributed by atoms with E-state index in [4.69, 9.17) is 0 Å². The average molecular weight is 431 g/mol. The van der Waals surface area contributed by atoms with E-state index in [2.05, 4.69) is 36.1 Å². The van der Waals surface area contributed by atoms with Gasteiger partial charge in [0.2, 0.25) is 10.0 Å². The van der Waals surface area contributed by atoms with Crippen LogP contribution in [0.15, 0.2) is 53.4 Å². The predicted octanol–water partition coefficient (Wildman–Crippen LogP) is 4.12. The highest BCUT2D eigenvalue weighted by molar-refractivity contribution is 7.99. The summed E-state index contributed by atoms with van der Waals surface area (Å²) in [7, 11) is -3.37. The lowest BCUT2D eigenvalue weighted by Gasteiger charge is -2.25. The summed E-state index contributed by atoms with van der Waals surface area (Å²) in [6.45, 7) is 5.88. The van der Waals surface area contributed by atoms with Gasteiger partial charge in [-0.3, -0.25) is 0 Å². The van der Waals surface area contributed by atoms with E-state index >= 15 is 0 Å². The van der Waals surface area contributed by atoms with E-state index in [0.717, 1.165) is 35.6 Å². The molecule has 2 aliphatic heterocycles. The second-order valence-electron chi connectivity index (χ2n) is 8.01. The van der Waals surface area contributed by atoms with E-state index in [1.807, 2.05) is 23.9 Å². The third-order valence-corrected chi connectivity index (χ3v) is 8.98. The Kier molecular flexibility index (Phi) is 6.64. The van der Waals surface area contributed by atoms with Crippen molar-refractivity contribution in [3.8, 4) is 11.1 Å². The van der Waals surface area contributed by atoms with Crippen LogP contribution in [-0.2, 0) is 16.4 Å². The topological polar surface area (TPSA) is 40.6 Å². The van der Waals surface area contributed by atoms with Gasteiger partial charge in [-0.15, -0.1) is 0 Å². The van der Waals surface area contributed by atoms with Gasteiger partial charge in [-0.25, -0.2) is 8.42 Å². The van der Waals surface area contributed by atoms with E-state index in [1.54, 1.807) is 16.4 Å². The first-order chi connectivity index (χ1) is 14.0. The molecule has 0 radical (unpaired) electrons. The molecule has 2 heterocycles. The second-order valence-corrected chi connectivity index (χ2v) is 11.2. The molecule has 0 spiro atoms. The van der Waals surface area contributed by atoms with E-state index in [-0.39, 0.29) is 0 Å². The third kappa shape index (κ3) is 4.88. The van der Waals surface area contributed by atoms with Gasteiger partial charge in [0.25, 0.3) is 0 Å². The normalized spacial score (nSPS) is 21.5. The van der Waals surface area contributed by atoms with Crippen LogP contribution in [0.1, 0.15) is 25.3 Å². The van der Waals surface area contributed by atoms with Crippen molar-refractivity contribution in [3.63, 3.8) is 0 Å². The molecule has 156 valence electrons. The Balaban J connectivity index is 1.41. The van der Waals surface area contributed by atoms with E-state index < -0.39 is 10.0 Å². The summed E-state index contributed by atoms with van der Waals surface area (Å²) < 4.78 is 27.2. The van der Waals surface area contributed by atoms with E-state index in [0.29, 0.717) is 24.0 Å². The zero-order chi connectivity index (χ0) is 20.3. The van der Waals surface area contributed by atoms with Crippen LogP contribution in [0.5, 0.6) is 0 Å². The van der Waals surface area contributed by atoms with Gasteiger partial charge < -0.3 is 4.90 Å². The van der Waals surface area contributed by atoms with Crippen LogP contribution in [0.3, 0.4) is 0 Å². The summed E-state index contributed by atoms with van der Waals surface area (Å²) >= 11 is 1.81. The van der Waals surface area contributed by atoms with Gasteiger partial charge in [0.05, 0.1) is 4.90 Å². The molecule has 6 heteroatoms. The first-order valence-electron chi connectivity index (χ1n) is 10.6. The highest BCUT2D eigenvalue weighted by atomic mass is 32.2. The van der Waals surface area contributed by atoms with Gasteiger partial charge >= 0.3 is 0 Å². The zero-order valence-corrected chi connectivity index (χ0v) is 18.7. The van der Waals surface area contributed by atoms with Crippen molar-refractivity contribution < 1.29 is 8.42 Å². The Morgan fingerprint density at radius 1 is 0.931 bits per heavy atom. The van der Waals surface area contributed by atoms with Crippen molar-refractivity contribution in [1.29, 1.82) is 0 Å². The highest BCUT2D eigenvalue weighted by Gasteiger charge is 2.26. The van der Waals surface area contributed by atoms with Crippen molar-refractivity contribution in [2.24, 2.45) is 0 Å². The van der Waals surface area contributed by atoms with Crippen LogP contribution in [-0.4, -0.2) is 61.3 Å². The molecular formula is C23H30N2O2S2. The Labute approximate surface area is 179 Å². The highest BCUT2D eigenvalue weighted by Crippen LogP contribution is 2.25. The van der Waals surface area contributed by atoms with Gasteiger partial charge in [0.15, 0.2) is 0 Å². The fraction of sp³-hybridized carbons (Fsp3) is 0.478. The van der Waals surface area contributed by atoms with Crippen molar-refractivity contribution in [3.05, 3.63) is 54.1 Å². The van der Waals surface area contributed by atoms with Crippen LogP contribution in [0.2, 0.25) is 0 Å². The molecule has 2 saturated heterocycles. The molecule has 29 heavy (non-hydrogen) atoms. The SMILES string of the molecule is CC1CCCN1CCc1ccc(-c2ccc(S(=O)(=O)N3CCSCC3)cc2)cc1. The van der Waals surface area contributed by atoms with Crippen molar-refractivity contribution in [1.82, 2.24) is 9.21 Å². The van der Waals surface area contributed by atoms with Crippen LogP contribution in [0, 0.1) is 0 Å². The minimum atomic E-state index is -3.37. The Morgan fingerprint density at radius 3 is 2.14 bits per heavy atom. The van der Waals surface area contributed by atoms with Crippen molar-refractivity contribution >= 4 is 21.8 Å². The van der Waals surface area contributed by atoms with E-state index in [9.17, 15) is 8.42 Å². The predicted molar refractivity (Wildman–Crippen MR) is 122 cm³/mol. The van der Waals surface area contributed by atoms with Gasteiger partial charge in [0.1, 0.15) is 0 Å². The average Bonchev–Trinajstić information content (AvgIpc) is 3.18. The second kappa shape index (κ2) is 9.21. The molecule has 4 nitrogen and oxygen atoms in total. The Hall–Kier alpha value is -1.34. The third-order valence-electron chi connectivity index (χ3n) is 6.13. The molecule has 1 unspecified atom stereocenters. The lowest BCUT2D eigenvalue weighted by molar-refractivity contribution is 0.272. The number of sulfonamides is 1. The molecule has 0 bridgehead atoms. The molecule has 0 N–H and O–H groups in total. The van der Waals surface area contributed by atoms with Crippen molar-refractivity contribution in [2.45, 2.75) is 37.1 Å². The fourth-order valence-electron chi connectivity index (χ4n) is 4.22. The summed E-state index contributed by atoms with van der Waals surface area (Å²) in [5.41, 5.74) is 3.54. The zero-order valence-electron chi connectivity index (χ0n) is 17.1. The molecule has 1 atom stereocenters. The van der Waals surface area contributed by atoms with Gasteiger partial charge in [-0.05, 0) is 61.6 Å². The quantitative estimate of drug-likeness (QED) is 0.691. The molecule has 0 amide bonds. The number of benzene rings is 2.